The standard InChI is InChI=1S/C28H31FO7S/c1-3-33-26(30)9-8-20-35-23-12-10-22(11-13-23)28(32)37-25-16-14-24(15-17-25)34-18-6-4-5-7-19-36-27(31)21(2)29/h3,10-17H,1-2,4-9,18-20H2. The molecular weight excluding hydrogens is 499 g/mol. The first-order valence-electron chi connectivity index (χ1n) is 11.9. The van der Waals surface area contributed by atoms with E-state index in [4.69, 9.17) is 14.2 Å². The topological polar surface area (TPSA) is 88.1 Å². The van der Waals surface area contributed by atoms with Crippen molar-refractivity contribution in [2.45, 2.75) is 43.4 Å². The van der Waals surface area contributed by atoms with Gasteiger partial charge in [-0.25, -0.2) is 4.79 Å². The number of halogens is 1. The number of carbonyl (C=O) groups is 3. The Morgan fingerprint density at radius 1 is 0.811 bits per heavy atom. The Kier molecular flexibility index (Phi) is 13.6. The van der Waals surface area contributed by atoms with Gasteiger partial charge in [-0.3, -0.25) is 9.59 Å². The van der Waals surface area contributed by atoms with E-state index in [1.165, 1.54) is 0 Å². The number of ether oxygens (including phenoxy) is 4. The molecule has 0 spiro atoms. The molecule has 0 aliphatic rings. The number of carbonyl (C=O) groups excluding carboxylic acids is 3. The minimum Gasteiger partial charge on any atom is -0.494 e. The van der Waals surface area contributed by atoms with Gasteiger partial charge in [-0.05, 0) is 92.4 Å². The molecule has 0 amide bonds. The highest BCUT2D eigenvalue weighted by atomic mass is 32.2. The van der Waals surface area contributed by atoms with Gasteiger partial charge in [0, 0.05) is 16.9 Å². The molecule has 2 aromatic rings. The molecule has 0 fully saturated rings. The van der Waals surface area contributed by atoms with E-state index in [2.05, 4.69) is 17.9 Å². The van der Waals surface area contributed by atoms with E-state index in [1.54, 1.807) is 24.3 Å². The Balaban J connectivity index is 1.63. The molecule has 7 nitrogen and oxygen atoms in total. The highest BCUT2D eigenvalue weighted by molar-refractivity contribution is 8.14. The van der Waals surface area contributed by atoms with Crippen molar-refractivity contribution < 1.29 is 37.7 Å². The predicted molar refractivity (Wildman–Crippen MR) is 139 cm³/mol. The molecule has 2 rings (SSSR count). The Bertz CT molecular complexity index is 1040. The van der Waals surface area contributed by atoms with Crippen LogP contribution < -0.4 is 9.47 Å². The monoisotopic (exact) mass is 530 g/mol. The van der Waals surface area contributed by atoms with Crippen molar-refractivity contribution in [3.05, 3.63) is 79.3 Å². The highest BCUT2D eigenvalue weighted by Crippen LogP contribution is 2.26. The molecule has 198 valence electrons. The predicted octanol–water partition coefficient (Wildman–Crippen LogP) is 6.43. The first kappa shape index (κ1) is 29.6. The van der Waals surface area contributed by atoms with Gasteiger partial charge < -0.3 is 18.9 Å². The fourth-order valence-corrected chi connectivity index (χ4v) is 3.75. The fourth-order valence-electron chi connectivity index (χ4n) is 3.01. The van der Waals surface area contributed by atoms with Crippen molar-refractivity contribution in [1.82, 2.24) is 0 Å². The second kappa shape index (κ2) is 17.0. The van der Waals surface area contributed by atoms with Crippen LogP contribution >= 0.6 is 11.8 Å². The average Bonchev–Trinajstić information content (AvgIpc) is 2.89. The molecule has 0 unspecified atom stereocenters. The summed E-state index contributed by atoms with van der Waals surface area (Å²) in [4.78, 5) is 35.6. The second-order valence-corrected chi connectivity index (χ2v) is 8.84. The molecule has 9 heteroatoms. The van der Waals surface area contributed by atoms with Crippen LogP contribution in [0.5, 0.6) is 11.5 Å². The summed E-state index contributed by atoms with van der Waals surface area (Å²) in [6.07, 6.45) is 5.08. The third kappa shape index (κ3) is 12.3. The van der Waals surface area contributed by atoms with Gasteiger partial charge in [-0.15, -0.1) is 0 Å². The number of esters is 2. The van der Waals surface area contributed by atoms with Crippen molar-refractivity contribution in [3.8, 4) is 11.5 Å². The van der Waals surface area contributed by atoms with Crippen LogP contribution in [-0.2, 0) is 19.1 Å². The van der Waals surface area contributed by atoms with E-state index >= 15 is 0 Å². The molecule has 0 atom stereocenters. The molecule has 0 saturated heterocycles. The molecule has 0 saturated carbocycles. The SMILES string of the molecule is C=COC(=O)CCCOc1ccc(C(=O)Sc2ccc(OCCCCCCOC(=O)C(=C)F)cc2)cc1. The van der Waals surface area contributed by atoms with Crippen molar-refractivity contribution in [3.63, 3.8) is 0 Å². The summed E-state index contributed by atoms with van der Waals surface area (Å²) in [7, 11) is 0. The van der Waals surface area contributed by atoms with Gasteiger partial charge in [0.25, 0.3) is 0 Å². The number of unbranched alkanes of at least 4 members (excludes halogenated alkanes) is 3. The molecule has 0 heterocycles. The number of benzene rings is 2. The van der Waals surface area contributed by atoms with Gasteiger partial charge in [0.05, 0.1) is 26.1 Å². The zero-order valence-electron chi connectivity index (χ0n) is 20.6. The normalized spacial score (nSPS) is 10.3. The summed E-state index contributed by atoms with van der Waals surface area (Å²) in [6, 6.07) is 14.2. The molecular formula is C28H31FO7S. The van der Waals surface area contributed by atoms with Gasteiger partial charge in [0.2, 0.25) is 10.9 Å². The van der Waals surface area contributed by atoms with Crippen LogP contribution in [-0.4, -0.2) is 36.9 Å². The van der Waals surface area contributed by atoms with E-state index in [-0.39, 0.29) is 24.1 Å². The summed E-state index contributed by atoms with van der Waals surface area (Å²) in [6.45, 7) is 7.29. The molecule has 0 N–H and O–H groups in total. The van der Waals surface area contributed by atoms with Crippen LogP contribution in [0.2, 0.25) is 0 Å². The molecule has 0 bridgehead atoms. The van der Waals surface area contributed by atoms with Gasteiger partial charge >= 0.3 is 11.9 Å². The minimum atomic E-state index is -1.08. The van der Waals surface area contributed by atoms with Gasteiger partial charge in [0.1, 0.15) is 11.5 Å². The second-order valence-electron chi connectivity index (χ2n) is 7.80. The summed E-state index contributed by atoms with van der Waals surface area (Å²) in [5.41, 5.74) is 0.552. The van der Waals surface area contributed by atoms with Crippen molar-refractivity contribution in [1.29, 1.82) is 0 Å². The molecule has 0 aromatic heterocycles. The highest BCUT2D eigenvalue weighted by Gasteiger charge is 2.09. The molecule has 0 aliphatic carbocycles. The lowest BCUT2D eigenvalue weighted by Gasteiger charge is -2.08. The first-order chi connectivity index (χ1) is 17.9. The zero-order valence-corrected chi connectivity index (χ0v) is 21.4. The molecule has 37 heavy (non-hydrogen) atoms. The van der Waals surface area contributed by atoms with Crippen molar-refractivity contribution in [2.24, 2.45) is 0 Å². The van der Waals surface area contributed by atoms with Crippen LogP contribution in [0.4, 0.5) is 4.39 Å². The van der Waals surface area contributed by atoms with E-state index in [9.17, 15) is 18.8 Å². The number of rotatable bonds is 17. The number of hydrogen-bond donors (Lipinski definition) is 0. The van der Waals surface area contributed by atoms with Crippen LogP contribution in [0.1, 0.15) is 48.9 Å². The zero-order chi connectivity index (χ0) is 26.9. The third-order valence-corrected chi connectivity index (χ3v) is 5.82. The van der Waals surface area contributed by atoms with E-state index in [1.807, 2.05) is 24.3 Å². The summed E-state index contributed by atoms with van der Waals surface area (Å²) in [5, 5.41) is -0.0890. The van der Waals surface area contributed by atoms with Crippen LogP contribution in [0, 0.1) is 0 Å². The van der Waals surface area contributed by atoms with E-state index < -0.39 is 11.8 Å². The fraction of sp³-hybridized carbons (Fsp3) is 0.321. The average molecular weight is 531 g/mol. The molecule has 0 radical (unpaired) electrons. The lowest BCUT2D eigenvalue weighted by atomic mass is 10.2. The van der Waals surface area contributed by atoms with Gasteiger partial charge in [-0.2, -0.15) is 4.39 Å². The lowest BCUT2D eigenvalue weighted by Crippen LogP contribution is -2.05. The first-order valence-corrected chi connectivity index (χ1v) is 12.7. The summed E-state index contributed by atoms with van der Waals surface area (Å²) in [5.74, 6) is -1.11. The molecule has 0 aliphatic heterocycles. The summed E-state index contributed by atoms with van der Waals surface area (Å²) >= 11 is 1.12. The van der Waals surface area contributed by atoms with E-state index in [0.29, 0.717) is 43.1 Å². The molecule has 2 aromatic carbocycles. The maximum Gasteiger partial charge on any atom is 0.366 e. The number of thioether (sulfide) groups is 1. The van der Waals surface area contributed by atoms with Crippen molar-refractivity contribution >= 4 is 28.8 Å². The Hall–Kier alpha value is -3.59. The van der Waals surface area contributed by atoms with E-state index in [0.717, 1.165) is 42.2 Å². The maximum atomic E-state index is 12.6. The lowest BCUT2D eigenvalue weighted by molar-refractivity contribution is -0.141. The largest absolute Gasteiger partial charge is 0.494 e. The maximum absolute atomic E-state index is 12.6. The van der Waals surface area contributed by atoms with Gasteiger partial charge in [-0.1, -0.05) is 13.2 Å². The van der Waals surface area contributed by atoms with Gasteiger partial charge in [0.15, 0.2) is 0 Å². The Morgan fingerprint density at radius 2 is 1.38 bits per heavy atom. The van der Waals surface area contributed by atoms with Crippen LogP contribution in [0.25, 0.3) is 0 Å². The Morgan fingerprint density at radius 3 is 1.97 bits per heavy atom. The van der Waals surface area contributed by atoms with Crippen LogP contribution in [0.15, 0.2) is 78.7 Å². The minimum absolute atomic E-state index is 0.0890. The summed E-state index contributed by atoms with van der Waals surface area (Å²) < 4.78 is 33.1. The Labute approximate surface area is 220 Å². The van der Waals surface area contributed by atoms with Crippen molar-refractivity contribution in [2.75, 3.05) is 19.8 Å². The van der Waals surface area contributed by atoms with Crippen LogP contribution in [0.3, 0.4) is 0 Å². The number of hydrogen-bond acceptors (Lipinski definition) is 8. The quantitative estimate of drug-likeness (QED) is 0.0760. The smallest absolute Gasteiger partial charge is 0.366 e. The third-order valence-electron chi connectivity index (χ3n) is 4.90.